The van der Waals surface area contributed by atoms with E-state index >= 15 is 0 Å². The summed E-state index contributed by atoms with van der Waals surface area (Å²) in [5.41, 5.74) is 0. The van der Waals surface area contributed by atoms with Gasteiger partial charge in [0.05, 0.1) is 0 Å². The van der Waals surface area contributed by atoms with Crippen molar-refractivity contribution in [3.63, 3.8) is 0 Å². The summed E-state index contributed by atoms with van der Waals surface area (Å²) in [4.78, 5) is 38.2. The molecule has 0 aliphatic carbocycles. The summed E-state index contributed by atoms with van der Waals surface area (Å²) >= 11 is 0. The van der Waals surface area contributed by atoms with E-state index in [-0.39, 0.29) is 31.1 Å². The Hall–Kier alpha value is -2.89. The molecule has 0 rings (SSSR count). The van der Waals surface area contributed by atoms with E-state index < -0.39 is 6.10 Å². The van der Waals surface area contributed by atoms with Gasteiger partial charge >= 0.3 is 17.9 Å². The van der Waals surface area contributed by atoms with Crippen molar-refractivity contribution in [1.82, 2.24) is 0 Å². The molecule has 0 aromatic rings. The van der Waals surface area contributed by atoms with Crippen LogP contribution < -0.4 is 0 Å². The Labute approximate surface area is 472 Å². The second-order valence-corrected chi connectivity index (χ2v) is 22.4. The fourth-order valence-corrected chi connectivity index (χ4v) is 9.72. The molecule has 0 bridgehead atoms. The molecule has 0 saturated heterocycles. The molecule has 0 aliphatic rings. The van der Waals surface area contributed by atoms with Crippen molar-refractivity contribution in [3.8, 4) is 0 Å². The summed E-state index contributed by atoms with van der Waals surface area (Å²) in [6, 6.07) is 0. The monoisotopic (exact) mass is 1060 g/mol. The molecule has 0 aromatic heterocycles. The molecule has 0 saturated carbocycles. The Morgan fingerprint density at radius 2 is 0.474 bits per heavy atom. The minimum Gasteiger partial charge on any atom is -0.462 e. The number of esters is 3. The fraction of sp³-hybridized carbons (Fsp3) is 0.814. The summed E-state index contributed by atoms with van der Waals surface area (Å²) in [6.07, 6.45) is 82.5. The van der Waals surface area contributed by atoms with Gasteiger partial charge in [0.15, 0.2) is 6.10 Å². The first-order valence-electron chi connectivity index (χ1n) is 33.3. The van der Waals surface area contributed by atoms with Crippen LogP contribution in [-0.4, -0.2) is 37.2 Å². The molecule has 6 nitrogen and oxygen atoms in total. The molecule has 1 atom stereocenters. The molecule has 0 N–H and O–H groups in total. The topological polar surface area (TPSA) is 78.9 Å². The highest BCUT2D eigenvalue weighted by atomic mass is 16.6. The van der Waals surface area contributed by atoms with E-state index in [1.54, 1.807) is 0 Å². The highest BCUT2D eigenvalue weighted by Crippen LogP contribution is 2.17. The van der Waals surface area contributed by atoms with E-state index in [2.05, 4.69) is 81.5 Å². The fourth-order valence-electron chi connectivity index (χ4n) is 9.72. The average Bonchev–Trinajstić information content (AvgIpc) is 3.42. The number of unbranched alkanes of at least 4 members (excludes halogenated alkanes) is 40. The SMILES string of the molecule is CCCCCCC/C=C\C/C=C\C/C=C\CCCCCCCCCCCCC(=O)OCC(COC(=O)CCCCCCCCCC)OC(=O)CCCCCCCCCCCCCCC/C=C\C/C=C\CCCCCCC. The van der Waals surface area contributed by atoms with Crippen LogP contribution in [0.4, 0.5) is 0 Å². The van der Waals surface area contributed by atoms with Crippen LogP contribution in [0.15, 0.2) is 60.8 Å². The number of allylic oxidation sites excluding steroid dienone is 10. The molecule has 0 radical (unpaired) electrons. The number of carbonyl (C=O) groups is 3. The van der Waals surface area contributed by atoms with Gasteiger partial charge in [-0.05, 0) is 89.9 Å². The quantitative estimate of drug-likeness (QED) is 0.0261. The summed E-state index contributed by atoms with van der Waals surface area (Å²) in [7, 11) is 0. The summed E-state index contributed by atoms with van der Waals surface area (Å²) in [6.45, 7) is 6.63. The van der Waals surface area contributed by atoms with Crippen LogP contribution in [0.1, 0.15) is 348 Å². The van der Waals surface area contributed by atoms with Crippen molar-refractivity contribution in [2.45, 2.75) is 354 Å². The number of hydrogen-bond donors (Lipinski definition) is 0. The molecule has 0 aromatic carbocycles. The van der Waals surface area contributed by atoms with Crippen LogP contribution in [0.3, 0.4) is 0 Å². The van der Waals surface area contributed by atoms with Gasteiger partial charge in [0.1, 0.15) is 13.2 Å². The van der Waals surface area contributed by atoms with Crippen LogP contribution in [0.25, 0.3) is 0 Å². The number of ether oxygens (including phenoxy) is 3. The van der Waals surface area contributed by atoms with Crippen LogP contribution in [0.2, 0.25) is 0 Å². The van der Waals surface area contributed by atoms with Gasteiger partial charge in [-0.25, -0.2) is 0 Å². The maximum absolute atomic E-state index is 12.9. The minimum absolute atomic E-state index is 0.0726. The highest BCUT2D eigenvalue weighted by molar-refractivity contribution is 5.71. The number of carbonyl (C=O) groups excluding carboxylic acids is 3. The van der Waals surface area contributed by atoms with Gasteiger partial charge in [-0.1, -0.05) is 300 Å². The van der Waals surface area contributed by atoms with Crippen molar-refractivity contribution < 1.29 is 28.6 Å². The smallest absolute Gasteiger partial charge is 0.306 e. The molecule has 1 unspecified atom stereocenters. The Bertz CT molecular complexity index is 1360. The molecule has 6 heteroatoms. The summed E-state index contributed by atoms with van der Waals surface area (Å²) < 4.78 is 16.9. The zero-order valence-corrected chi connectivity index (χ0v) is 50.8. The van der Waals surface area contributed by atoms with Crippen molar-refractivity contribution in [2.75, 3.05) is 13.2 Å². The lowest BCUT2D eigenvalue weighted by Crippen LogP contribution is -2.30. The van der Waals surface area contributed by atoms with Crippen LogP contribution in [-0.2, 0) is 28.6 Å². The Kier molecular flexibility index (Phi) is 62.2. The van der Waals surface area contributed by atoms with Gasteiger partial charge in [0, 0.05) is 19.3 Å². The minimum atomic E-state index is -0.774. The maximum atomic E-state index is 12.9. The van der Waals surface area contributed by atoms with Crippen LogP contribution in [0.5, 0.6) is 0 Å². The lowest BCUT2D eigenvalue weighted by atomic mass is 10.0. The molecule has 0 heterocycles. The number of hydrogen-bond acceptors (Lipinski definition) is 6. The Balaban J connectivity index is 4.15. The summed E-state index contributed by atoms with van der Waals surface area (Å²) in [5.74, 6) is -0.864. The Morgan fingerprint density at radius 1 is 0.263 bits per heavy atom. The third-order valence-corrected chi connectivity index (χ3v) is 14.7. The average molecular weight is 1060 g/mol. The van der Waals surface area contributed by atoms with Crippen molar-refractivity contribution in [1.29, 1.82) is 0 Å². The van der Waals surface area contributed by atoms with Gasteiger partial charge < -0.3 is 14.2 Å². The van der Waals surface area contributed by atoms with Gasteiger partial charge in [0.25, 0.3) is 0 Å². The Morgan fingerprint density at radius 3 is 0.737 bits per heavy atom. The van der Waals surface area contributed by atoms with Gasteiger partial charge in [-0.3, -0.25) is 14.4 Å². The predicted octanol–water partition coefficient (Wildman–Crippen LogP) is 22.7. The first-order valence-corrected chi connectivity index (χ1v) is 33.3. The second kappa shape index (κ2) is 64.6. The van der Waals surface area contributed by atoms with Crippen LogP contribution >= 0.6 is 0 Å². The van der Waals surface area contributed by atoms with Crippen molar-refractivity contribution in [2.24, 2.45) is 0 Å². The highest BCUT2D eigenvalue weighted by Gasteiger charge is 2.19. The molecule has 0 spiro atoms. The van der Waals surface area contributed by atoms with Crippen molar-refractivity contribution in [3.05, 3.63) is 60.8 Å². The second-order valence-electron chi connectivity index (χ2n) is 22.4. The zero-order valence-electron chi connectivity index (χ0n) is 50.8. The van der Waals surface area contributed by atoms with E-state index in [0.29, 0.717) is 19.3 Å². The van der Waals surface area contributed by atoms with E-state index in [1.807, 2.05) is 0 Å². The summed E-state index contributed by atoms with van der Waals surface area (Å²) in [5, 5.41) is 0. The first kappa shape index (κ1) is 73.1. The third kappa shape index (κ3) is 62.0. The number of rotatable bonds is 61. The normalized spacial score (nSPS) is 12.4. The van der Waals surface area contributed by atoms with Gasteiger partial charge in [-0.15, -0.1) is 0 Å². The molecule has 0 aliphatic heterocycles. The van der Waals surface area contributed by atoms with E-state index in [9.17, 15) is 14.4 Å². The first-order chi connectivity index (χ1) is 37.5. The van der Waals surface area contributed by atoms with Crippen molar-refractivity contribution >= 4 is 17.9 Å². The zero-order chi connectivity index (χ0) is 55.0. The largest absolute Gasteiger partial charge is 0.462 e. The molecule has 0 amide bonds. The van der Waals surface area contributed by atoms with E-state index in [1.165, 1.54) is 231 Å². The standard InChI is InChI=1S/C70H126O6/c1-4-7-10-13-16-19-21-23-25-27-29-31-33-35-37-39-41-43-45-47-49-51-54-57-60-63-69(72)75-66-67(65-74-68(71)62-59-56-53-18-15-12-9-6-3)76-70(73)64-61-58-55-52-50-48-46-44-42-40-38-36-34-32-30-28-26-24-22-20-17-14-11-8-5-2/h21-24,27-30,33,35,67H,4-20,25-26,31-32,34,36-66H2,1-3H3/b23-21-,24-22-,29-27-,30-28-,35-33-. The lowest BCUT2D eigenvalue weighted by molar-refractivity contribution is -0.167. The molecular formula is C70H126O6. The van der Waals surface area contributed by atoms with Crippen LogP contribution in [0, 0.1) is 0 Å². The maximum Gasteiger partial charge on any atom is 0.306 e. The predicted molar refractivity (Wildman–Crippen MR) is 330 cm³/mol. The molecule has 442 valence electrons. The molecular weight excluding hydrogens is 937 g/mol. The van der Waals surface area contributed by atoms with Gasteiger partial charge in [0.2, 0.25) is 0 Å². The van der Waals surface area contributed by atoms with E-state index in [4.69, 9.17) is 14.2 Å². The van der Waals surface area contributed by atoms with E-state index in [0.717, 1.165) is 77.0 Å². The molecule has 76 heavy (non-hydrogen) atoms. The lowest BCUT2D eigenvalue weighted by Gasteiger charge is -2.18. The molecule has 0 fully saturated rings. The third-order valence-electron chi connectivity index (χ3n) is 14.7. The van der Waals surface area contributed by atoms with Gasteiger partial charge in [-0.2, -0.15) is 0 Å².